The van der Waals surface area contributed by atoms with E-state index in [2.05, 4.69) is 0 Å². The molecule has 0 atom stereocenters. The second-order valence-electron chi connectivity index (χ2n) is 1.28. The molecule has 0 aromatic heterocycles. The molecule has 12 heavy (non-hydrogen) atoms. The summed E-state index contributed by atoms with van der Waals surface area (Å²) in [7, 11) is 0. The van der Waals surface area contributed by atoms with Crippen LogP contribution in [0.3, 0.4) is 0 Å². The molecule has 0 heterocycles. The molecule has 0 spiro atoms. The van der Waals surface area contributed by atoms with Crippen LogP contribution in [0.4, 0.5) is 4.79 Å². The van der Waals surface area contributed by atoms with Crippen molar-refractivity contribution in [2.75, 3.05) is 0 Å². The molecule has 0 radical (unpaired) electrons. The highest BCUT2D eigenvalue weighted by molar-refractivity contribution is 6.83. The van der Waals surface area contributed by atoms with E-state index in [0.717, 1.165) is 0 Å². The zero-order valence-corrected chi connectivity index (χ0v) is 9.61. The Hall–Kier alpha value is 1.01. The van der Waals surface area contributed by atoms with Gasteiger partial charge in [0.1, 0.15) is 0 Å². The fraction of sp³-hybridized carbons (Fsp3) is 0.667. The largest absolute Gasteiger partial charge is 0.503 e. The van der Waals surface area contributed by atoms with E-state index in [-0.39, 0.29) is 0 Å². The third-order valence-corrected chi connectivity index (χ3v) is 2.89. The van der Waals surface area contributed by atoms with Crippen LogP contribution in [-0.4, -0.2) is 24.0 Å². The molecule has 0 aliphatic heterocycles. The summed E-state index contributed by atoms with van der Waals surface area (Å²) < 4.78 is -3.70. The van der Waals surface area contributed by atoms with Crippen molar-refractivity contribution in [1.82, 2.24) is 0 Å². The maximum atomic E-state index is 8.56. The Morgan fingerprint density at radius 1 is 0.833 bits per heavy atom. The first-order valence-corrected chi connectivity index (χ1v) is 4.30. The molecule has 0 amide bonds. The first-order chi connectivity index (χ1) is 4.98. The van der Waals surface area contributed by atoms with Gasteiger partial charge in [0.2, 0.25) is 7.59 Å². The summed E-state index contributed by atoms with van der Waals surface area (Å²) in [5.41, 5.74) is 0. The van der Waals surface area contributed by atoms with Gasteiger partial charge in [-0.3, -0.25) is 0 Å². The Labute approximate surface area is 98.0 Å². The molecule has 0 rings (SSSR count). The Morgan fingerprint density at radius 2 is 0.917 bits per heavy atom. The lowest BCUT2D eigenvalue weighted by atomic mass is 10.9. The van der Waals surface area contributed by atoms with Crippen LogP contribution in [-0.2, 0) is 0 Å². The lowest BCUT2D eigenvalue weighted by Gasteiger charge is -2.19. The van der Waals surface area contributed by atoms with Crippen molar-refractivity contribution in [2.45, 2.75) is 7.59 Å². The predicted octanol–water partition coefficient (Wildman–Crippen LogP) is 3.95. The number of halogens is 6. The van der Waals surface area contributed by atoms with Gasteiger partial charge in [0, 0.05) is 0 Å². The van der Waals surface area contributed by atoms with E-state index in [1.807, 2.05) is 0 Å². The highest BCUT2D eigenvalue weighted by Crippen LogP contribution is 2.48. The Balaban J connectivity index is 0. The fourth-order valence-electron chi connectivity index (χ4n) is 0. The van der Waals surface area contributed by atoms with E-state index >= 15 is 0 Å². The SMILES string of the molecule is ClC(Cl)(Cl)C(Cl)(Cl)Cl.O=C(O)O. The quantitative estimate of drug-likeness (QED) is 0.666. The molecule has 0 aromatic carbocycles. The van der Waals surface area contributed by atoms with Gasteiger partial charge in [-0.05, 0) is 0 Å². The maximum absolute atomic E-state index is 8.56. The summed E-state index contributed by atoms with van der Waals surface area (Å²) in [5, 5.41) is 13.9. The highest BCUT2D eigenvalue weighted by atomic mass is 35.6. The third kappa shape index (κ3) is 11.0. The van der Waals surface area contributed by atoms with Crippen LogP contribution in [0.15, 0.2) is 0 Å². The smallest absolute Gasteiger partial charge is 0.450 e. The molecule has 0 saturated heterocycles. The molecule has 0 unspecified atom stereocenters. The van der Waals surface area contributed by atoms with Gasteiger partial charge in [0.15, 0.2) is 0 Å². The van der Waals surface area contributed by atoms with Crippen LogP contribution in [0.2, 0.25) is 0 Å². The predicted molar refractivity (Wildman–Crippen MR) is 51.2 cm³/mol. The monoisotopic (exact) mass is 296 g/mol. The van der Waals surface area contributed by atoms with Gasteiger partial charge in [-0.1, -0.05) is 69.6 Å². The van der Waals surface area contributed by atoms with Crippen LogP contribution < -0.4 is 0 Å². The van der Waals surface area contributed by atoms with Gasteiger partial charge in [-0.2, -0.15) is 0 Å². The van der Waals surface area contributed by atoms with E-state index in [1.54, 1.807) is 0 Å². The van der Waals surface area contributed by atoms with Crippen molar-refractivity contribution in [2.24, 2.45) is 0 Å². The van der Waals surface area contributed by atoms with E-state index < -0.39 is 13.7 Å². The molecular formula is C3H2Cl6O3. The Kier molecular flexibility index (Phi) is 7.33. The van der Waals surface area contributed by atoms with Crippen molar-refractivity contribution in [3.63, 3.8) is 0 Å². The molecule has 0 aliphatic carbocycles. The molecule has 0 aromatic rings. The van der Waals surface area contributed by atoms with E-state index in [0.29, 0.717) is 0 Å². The number of carboxylic acid groups (broad SMARTS) is 2. The Bertz CT molecular complexity index is 129. The van der Waals surface area contributed by atoms with Gasteiger partial charge < -0.3 is 10.2 Å². The van der Waals surface area contributed by atoms with E-state index in [1.165, 1.54) is 0 Å². The average molecular weight is 299 g/mol. The maximum Gasteiger partial charge on any atom is 0.503 e. The van der Waals surface area contributed by atoms with Crippen LogP contribution in [0.5, 0.6) is 0 Å². The minimum Gasteiger partial charge on any atom is -0.450 e. The zero-order chi connectivity index (χ0) is 10.6. The summed E-state index contributed by atoms with van der Waals surface area (Å²) in [6, 6.07) is 0. The zero-order valence-electron chi connectivity index (χ0n) is 5.07. The summed E-state index contributed by atoms with van der Waals surface area (Å²) in [6.45, 7) is 0. The van der Waals surface area contributed by atoms with Gasteiger partial charge in [0.25, 0.3) is 0 Å². The molecule has 2 N–H and O–H groups in total. The molecule has 0 saturated carbocycles. The molecule has 9 heteroatoms. The number of hydrogen-bond donors (Lipinski definition) is 2. The Morgan fingerprint density at radius 3 is 0.917 bits per heavy atom. The number of alkyl halides is 6. The van der Waals surface area contributed by atoms with Crippen LogP contribution in [0.1, 0.15) is 0 Å². The number of rotatable bonds is 0. The second-order valence-corrected chi connectivity index (χ2v) is 5.84. The minimum absolute atomic E-state index is 1.83. The minimum atomic E-state index is -1.85. The highest BCUT2D eigenvalue weighted by Gasteiger charge is 2.43. The fourth-order valence-corrected chi connectivity index (χ4v) is 0. The first-order valence-electron chi connectivity index (χ1n) is 2.04. The van der Waals surface area contributed by atoms with Crippen molar-refractivity contribution in [3.8, 4) is 0 Å². The van der Waals surface area contributed by atoms with Gasteiger partial charge >= 0.3 is 6.16 Å². The number of hydrogen-bond acceptors (Lipinski definition) is 1. The van der Waals surface area contributed by atoms with Crippen LogP contribution >= 0.6 is 69.6 Å². The van der Waals surface area contributed by atoms with E-state index in [4.69, 9.17) is 84.6 Å². The van der Waals surface area contributed by atoms with Gasteiger partial charge in [-0.15, -0.1) is 0 Å². The molecule has 74 valence electrons. The average Bonchev–Trinajstić information content (AvgIpc) is 1.55. The van der Waals surface area contributed by atoms with Crippen molar-refractivity contribution in [3.05, 3.63) is 0 Å². The molecule has 0 aliphatic rings. The first kappa shape index (κ1) is 15.5. The molecular weight excluding hydrogens is 297 g/mol. The van der Waals surface area contributed by atoms with Gasteiger partial charge in [0.05, 0.1) is 0 Å². The van der Waals surface area contributed by atoms with Gasteiger partial charge in [-0.25, -0.2) is 4.79 Å². The molecule has 0 bridgehead atoms. The summed E-state index contributed by atoms with van der Waals surface area (Å²) >= 11 is 30.9. The lowest BCUT2D eigenvalue weighted by Crippen LogP contribution is -2.23. The van der Waals surface area contributed by atoms with Crippen LogP contribution in [0, 0.1) is 0 Å². The second kappa shape index (κ2) is 5.68. The summed E-state index contributed by atoms with van der Waals surface area (Å²) in [6.07, 6.45) is -1.83. The molecule has 3 nitrogen and oxygen atoms in total. The van der Waals surface area contributed by atoms with Crippen molar-refractivity contribution in [1.29, 1.82) is 0 Å². The molecule has 0 fully saturated rings. The standard InChI is InChI=1S/C2Cl6.CH2O3/c3-1(4,5)2(6,7)8;2-1(3)4/h;(H2,2,3,4). The van der Waals surface area contributed by atoms with Crippen LogP contribution in [0.25, 0.3) is 0 Å². The summed E-state index contributed by atoms with van der Waals surface area (Å²) in [5.74, 6) is 0. The summed E-state index contributed by atoms with van der Waals surface area (Å²) in [4.78, 5) is 8.56. The normalized spacial score (nSPS) is 11.5. The van der Waals surface area contributed by atoms with E-state index in [9.17, 15) is 0 Å². The lowest BCUT2D eigenvalue weighted by molar-refractivity contribution is 0.137. The third-order valence-electron chi connectivity index (χ3n) is 0.321. The number of carbonyl (C=O) groups is 1. The van der Waals surface area contributed by atoms with Crippen molar-refractivity contribution >= 4 is 75.8 Å². The topological polar surface area (TPSA) is 57.5 Å². The van der Waals surface area contributed by atoms with Crippen molar-refractivity contribution < 1.29 is 15.0 Å².